The van der Waals surface area contributed by atoms with E-state index < -0.39 is 7.83 Å². The average Bonchev–Trinajstić information content (AvgIpc) is 2.62. The van der Waals surface area contributed by atoms with Crippen molar-refractivity contribution in [2.75, 3.05) is 19.0 Å². The smallest absolute Gasteiger partial charge is 0.378 e. The Hall–Kier alpha value is -2.50. The summed E-state index contributed by atoms with van der Waals surface area (Å²) in [7, 11) is 2.89. The van der Waals surface area contributed by atoms with Crippen LogP contribution in [0, 0.1) is 0 Å². The van der Waals surface area contributed by atoms with Crippen molar-refractivity contribution in [3.8, 4) is 0 Å². The molecule has 2 aromatic rings. The first kappa shape index (κ1) is 20.5. The number of rotatable bonds is 6. The summed E-state index contributed by atoms with van der Waals surface area (Å²) in [5.41, 5.74) is 3.37. The molecule has 0 spiro atoms. The second-order valence-electron chi connectivity index (χ2n) is 5.60. The Bertz CT molecular complexity index is 686. The van der Waals surface area contributed by atoms with Crippen LogP contribution >= 0.6 is 0 Å². The molecule has 0 N–H and O–H groups in total. The minimum absolute atomic E-state index is 0.0905. The first-order valence-electron chi connectivity index (χ1n) is 7.87. The lowest BCUT2D eigenvalue weighted by molar-refractivity contribution is 0.0894. The zero-order valence-corrected chi connectivity index (χ0v) is 14.6. The normalized spacial score (nSPS) is 9.64. The first-order chi connectivity index (χ1) is 11.9. The molecule has 0 aliphatic carbocycles. The van der Waals surface area contributed by atoms with Crippen LogP contribution in [0.4, 0.5) is 14.3 Å². The highest BCUT2D eigenvalue weighted by Gasteiger charge is 2.13. The van der Waals surface area contributed by atoms with Crippen LogP contribution in [-0.4, -0.2) is 33.5 Å². The third-order valence-electron chi connectivity index (χ3n) is 3.71. The predicted molar refractivity (Wildman–Crippen MR) is 97.8 cm³/mol. The summed E-state index contributed by atoms with van der Waals surface area (Å²) in [6, 6.07) is 14.8. The summed E-state index contributed by atoms with van der Waals surface area (Å²) < 4.78 is 19.0. The van der Waals surface area contributed by atoms with Gasteiger partial charge in [0.25, 0.3) is 0 Å². The SMILES string of the molecule is CCc1ccc(C(=O)CC(=O)c2ccc(N(C)C)cc2)cc1.F[B]F. The molecule has 1 radical (unpaired) electrons. The van der Waals surface area contributed by atoms with Gasteiger partial charge in [-0.15, -0.1) is 0 Å². The van der Waals surface area contributed by atoms with Gasteiger partial charge in [-0.25, -0.2) is 0 Å². The Kier molecular flexibility index (Phi) is 8.54. The number of carbonyl (C=O) groups excluding carboxylic acids is 2. The summed E-state index contributed by atoms with van der Waals surface area (Å²) in [6.45, 7) is 2.07. The first-order valence-corrected chi connectivity index (χ1v) is 7.87. The van der Waals surface area contributed by atoms with Gasteiger partial charge in [0.2, 0.25) is 0 Å². The van der Waals surface area contributed by atoms with E-state index in [0.29, 0.717) is 11.1 Å². The van der Waals surface area contributed by atoms with Crippen molar-refractivity contribution >= 4 is 25.1 Å². The molecule has 0 aromatic heterocycles. The van der Waals surface area contributed by atoms with E-state index >= 15 is 0 Å². The molecule has 0 aliphatic heterocycles. The van der Waals surface area contributed by atoms with E-state index in [1.165, 1.54) is 5.56 Å². The number of benzene rings is 2. The molecule has 0 saturated heterocycles. The van der Waals surface area contributed by atoms with Gasteiger partial charge in [-0.2, -0.15) is 0 Å². The number of hydrogen-bond donors (Lipinski definition) is 0. The van der Waals surface area contributed by atoms with Crippen molar-refractivity contribution in [3.05, 3.63) is 65.2 Å². The van der Waals surface area contributed by atoms with Crippen LogP contribution in [0.15, 0.2) is 48.5 Å². The van der Waals surface area contributed by atoms with E-state index in [9.17, 15) is 18.2 Å². The minimum atomic E-state index is -1.00. The zero-order chi connectivity index (χ0) is 18.8. The lowest BCUT2D eigenvalue weighted by Gasteiger charge is -2.12. The highest BCUT2D eigenvalue weighted by atomic mass is 19.2. The summed E-state index contributed by atoms with van der Waals surface area (Å²) >= 11 is 0. The van der Waals surface area contributed by atoms with E-state index in [0.717, 1.165) is 12.1 Å². The molecule has 6 heteroatoms. The third-order valence-corrected chi connectivity index (χ3v) is 3.71. The molecule has 0 atom stereocenters. The van der Waals surface area contributed by atoms with Crippen molar-refractivity contribution in [1.82, 2.24) is 0 Å². The second kappa shape index (κ2) is 10.4. The van der Waals surface area contributed by atoms with Crippen LogP contribution in [0.25, 0.3) is 0 Å². The molecule has 25 heavy (non-hydrogen) atoms. The van der Waals surface area contributed by atoms with Gasteiger partial charge in [-0.1, -0.05) is 31.2 Å². The third kappa shape index (κ3) is 6.49. The fraction of sp³-hybridized carbons (Fsp3) is 0.263. The van der Waals surface area contributed by atoms with Crippen molar-refractivity contribution in [2.45, 2.75) is 19.8 Å². The number of carbonyl (C=O) groups is 2. The number of Topliss-reactive ketones (excluding diaryl/α,β-unsaturated/α-hetero) is 2. The highest BCUT2D eigenvalue weighted by Crippen LogP contribution is 2.15. The Morgan fingerprint density at radius 3 is 1.64 bits per heavy atom. The van der Waals surface area contributed by atoms with Crippen LogP contribution in [0.1, 0.15) is 39.6 Å². The van der Waals surface area contributed by atoms with Crippen LogP contribution in [0.5, 0.6) is 0 Å². The monoisotopic (exact) mass is 344 g/mol. The largest absolute Gasteiger partial charge is 0.577 e. The van der Waals surface area contributed by atoms with Gasteiger partial charge < -0.3 is 4.90 Å². The number of anilines is 1. The van der Waals surface area contributed by atoms with Gasteiger partial charge in [0.05, 0.1) is 6.42 Å². The summed E-state index contributed by atoms with van der Waals surface area (Å²) in [5.74, 6) is -0.279. The molecule has 0 heterocycles. The molecule has 0 saturated carbocycles. The molecule has 0 fully saturated rings. The standard InChI is InChI=1S/C19H21NO2.BF2/c1-4-14-5-7-15(8-6-14)18(21)13-19(22)16-9-11-17(12-10-16)20(2)3;2-1-3/h5-12H,4,13H2,1-3H3;. The van der Waals surface area contributed by atoms with Crippen molar-refractivity contribution < 1.29 is 18.2 Å². The number of halogens is 2. The fourth-order valence-corrected chi connectivity index (χ4v) is 2.22. The summed E-state index contributed by atoms with van der Waals surface area (Å²) in [4.78, 5) is 26.3. The van der Waals surface area contributed by atoms with E-state index in [2.05, 4.69) is 6.92 Å². The summed E-state index contributed by atoms with van der Waals surface area (Å²) in [6.07, 6.45) is 0.846. The Morgan fingerprint density at radius 2 is 1.28 bits per heavy atom. The van der Waals surface area contributed by atoms with Gasteiger partial charge >= 0.3 is 7.83 Å². The maximum Gasteiger partial charge on any atom is 0.577 e. The maximum absolute atomic E-state index is 12.2. The van der Waals surface area contributed by atoms with Crippen molar-refractivity contribution in [1.29, 1.82) is 0 Å². The van der Waals surface area contributed by atoms with Crippen molar-refractivity contribution in [2.24, 2.45) is 0 Å². The molecule has 0 bridgehead atoms. The van der Waals surface area contributed by atoms with Crippen molar-refractivity contribution in [3.63, 3.8) is 0 Å². The van der Waals surface area contributed by atoms with Gasteiger partial charge in [0.15, 0.2) is 11.6 Å². The van der Waals surface area contributed by atoms with E-state index in [1.54, 1.807) is 24.3 Å². The molecular weight excluding hydrogens is 323 g/mol. The molecule has 2 aromatic carbocycles. The molecular formula is C19H21BF2NO2. The van der Waals surface area contributed by atoms with Gasteiger partial charge in [0.1, 0.15) is 0 Å². The van der Waals surface area contributed by atoms with Crippen LogP contribution in [0.2, 0.25) is 0 Å². The average molecular weight is 344 g/mol. The topological polar surface area (TPSA) is 37.4 Å². The fourth-order valence-electron chi connectivity index (χ4n) is 2.22. The van der Waals surface area contributed by atoms with E-state index in [4.69, 9.17) is 0 Å². The predicted octanol–water partition coefficient (Wildman–Crippen LogP) is 4.23. The highest BCUT2D eigenvalue weighted by molar-refractivity contribution is 6.15. The molecule has 2 rings (SSSR count). The number of ketones is 2. The molecule has 0 unspecified atom stereocenters. The number of aryl methyl sites for hydroxylation is 1. The second-order valence-corrected chi connectivity index (χ2v) is 5.60. The molecule has 3 nitrogen and oxygen atoms in total. The Morgan fingerprint density at radius 1 is 0.880 bits per heavy atom. The van der Waals surface area contributed by atoms with Gasteiger partial charge in [-0.3, -0.25) is 18.2 Å². The van der Waals surface area contributed by atoms with Crippen LogP contribution < -0.4 is 4.90 Å². The summed E-state index contributed by atoms with van der Waals surface area (Å²) in [5, 5.41) is 0. The quantitative estimate of drug-likeness (QED) is 0.447. The number of nitrogens with zero attached hydrogens (tertiary/aromatic N) is 1. The molecule has 131 valence electrons. The zero-order valence-electron chi connectivity index (χ0n) is 14.6. The van der Waals surface area contributed by atoms with Gasteiger partial charge in [-0.05, 0) is 36.2 Å². The Labute approximate surface area is 148 Å². The lowest BCUT2D eigenvalue weighted by Crippen LogP contribution is -2.10. The molecule has 0 amide bonds. The van der Waals surface area contributed by atoms with E-state index in [1.807, 2.05) is 43.3 Å². The van der Waals surface area contributed by atoms with Gasteiger partial charge in [0, 0.05) is 30.9 Å². The minimum Gasteiger partial charge on any atom is -0.378 e. The number of hydrogen-bond acceptors (Lipinski definition) is 3. The maximum atomic E-state index is 12.2. The van der Waals surface area contributed by atoms with E-state index in [-0.39, 0.29) is 18.0 Å². The van der Waals surface area contributed by atoms with Crippen LogP contribution in [-0.2, 0) is 6.42 Å². The molecule has 0 aliphatic rings. The Balaban J connectivity index is 0.000000970. The van der Waals surface area contributed by atoms with Crippen LogP contribution in [0.3, 0.4) is 0 Å². The lowest BCUT2D eigenvalue weighted by atomic mass is 10.00.